The van der Waals surface area contributed by atoms with Gasteiger partial charge in [-0.15, -0.1) is 0 Å². The van der Waals surface area contributed by atoms with Gasteiger partial charge in [0, 0.05) is 24.6 Å². The maximum Gasteiger partial charge on any atom is 0.253 e. The average molecular weight is 305 g/mol. The van der Waals surface area contributed by atoms with E-state index in [1.54, 1.807) is 24.3 Å². The third-order valence-corrected chi connectivity index (χ3v) is 4.63. The van der Waals surface area contributed by atoms with Gasteiger partial charge in [0.2, 0.25) is 0 Å². The molecule has 1 aliphatic rings. The van der Waals surface area contributed by atoms with Crippen LogP contribution in [-0.2, 0) is 6.61 Å². The van der Waals surface area contributed by atoms with Gasteiger partial charge in [-0.25, -0.2) is 0 Å². The molecular weight excluding hydrogens is 278 g/mol. The SMILES string of the molecule is CC(C)C[C@@H]1CN(C(=O)c2ccc(CO)cc2)CC[C@]1(C)O. The zero-order valence-corrected chi connectivity index (χ0v) is 13.7. The summed E-state index contributed by atoms with van der Waals surface area (Å²) in [6, 6.07) is 7.08. The molecule has 22 heavy (non-hydrogen) atoms. The van der Waals surface area contributed by atoms with E-state index in [1.807, 2.05) is 11.8 Å². The van der Waals surface area contributed by atoms with Crippen molar-refractivity contribution in [3.05, 3.63) is 35.4 Å². The average Bonchev–Trinajstić information content (AvgIpc) is 2.48. The first-order chi connectivity index (χ1) is 10.3. The van der Waals surface area contributed by atoms with Crippen molar-refractivity contribution in [3.8, 4) is 0 Å². The van der Waals surface area contributed by atoms with Crippen molar-refractivity contribution in [3.63, 3.8) is 0 Å². The molecule has 1 saturated heterocycles. The van der Waals surface area contributed by atoms with Crippen molar-refractivity contribution in [2.45, 2.75) is 45.8 Å². The van der Waals surface area contributed by atoms with E-state index >= 15 is 0 Å². The molecule has 4 heteroatoms. The summed E-state index contributed by atoms with van der Waals surface area (Å²) >= 11 is 0. The van der Waals surface area contributed by atoms with E-state index in [2.05, 4.69) is 13.8 Å². The Balaban J connectivity index is 2.09. The quantitative estimate of drug-likeness (QED) is 0.898. The molecule has 122 valence electrons. The van der Waals surface area contributed by atoms with Crippen molar-refractivity contribution < 1.29 is 15.0 Å². The van der Waals surface area contributed by atoms with Crippen LogP contribution in [0.4, 0.5) is 0 Å². The first-order valence-electron chi connectivity index (χ1n) is 8.05. The highest BCUT2D eigenvalue weighted by atomic mass is 16.3. The number of likely N-dealkylation sites (tertiary alicyclic amines) is 1. The molecule has 2 atom stereocenters. The number of aliphatic hydroxyl groups excluding tert-OH is 1. The number of carbonyl (C=O) groups excluding carboxylic acids is 1. The van der Waals surface area contributed by atoms with Gasteiger partial charge in [-0.3, -0.25) is 4.79 Å². The molecule has 2 rings (SSSR count). The number of piperidine rings is 1. The Labute approximate surface area is 132 Å². The van der Waals surface area contributed by atoms with Crippen LogP contribution in [-0.4, -0.2) is 39.7 Å². The molecule has 0 unspecified atom stereocenters. The van der Waals surface area contributed by atoms with Crippen molar-refractivity contribution in [1.29, 1.82) is 0 Å². The third kappa shape index (κ3) is 3.87. The minimum Gasteiger partial charge on any atom is -0.392 e. The van der Waals surface area contributed by atoms with Gasteiger partial charge in [-0.2, -0.15) is 0 Å². The van der Waals surface area contributed by atoms with Crippen molar-refractivity contribution in [2.75, 3.05) is 13.1 Å². The lowest BCUT2D eigenvalue weighted by Crippen LogP contribution is -2.52. The van der Waals surface area contributed by atoms with Crippen LogP contribution in [0.3, 0.4) is 0 Å². The molecule has 0 radical (unpaired) electrons. The molecule has 2 N–H and O–H groups in total. The maximum absolute atomic E-state index is 12.6. The number of benzene rings is 1. The van der Waals surface area contributed by atoms with Crippen LogP contribution in [0, 0.1) is 11.8 Å². The lowest BCUT2D eigenvalue weighted by molar-refractivity contribution is -0.0577. The van der Waals surface area contributed by atoms with Gasteiger partial charge in [-0.05, 0) is 43.4 Å². The molecule has 1 aliphatic heterocycles. The summed E-state index contributed by atoms with van der Waals surface area (Å²) in [7, 11) is 0. The molecule has 0 saturated carbocycles. The van der Waals surface area contributed by atoms with E-state index in [4.69, 9.17) is 5.11 Å². The molecule has 4 nitrogen and oxygen atoms in total. The normalized spacial score (nSPS) is 25.5. The molecule has 1 fully saturated rings. The van der Waals surface area contributed by atoms with Crippen LogP contribution < -0.4 is 0 Å². The monoisotopic (exact) mass is 305 g/mol. The highest BCUT2D eigenvalue weighted by Gasteiger charge is 2.39. The Hall–Kier alpha value is -1.39. The third-order valence-electron chi connectivity index (χ3n) is 4.63. The molecular formula is C18H27NO3. The Morgan fingerprint density at radius 3 is 2.55 bits per heavy atom. The second kappa shape index (κ2) is 6.80. The van der Waals surface area contributed by atoms with E-state index in [1.165, 1.54) is 0 Å². The molecule has 1 amide bonds. The van der Waals surface area contributed by atoms with Crippen molar-refractivity contribution in [1.82, 2.24) is 4.90 Å². The summed E-state index contributed by atoms with van der Waals surface area (Å²) in [5.41, 5.74) is 0.750. The van der Waals surface area contributed by atoms with Gasteiger partial charge in [0.15, 0.2) is 0 Å². The second-order valence-electron chi connectivity index (χ2n) is 7.04. The minimum absolute atomic E-state index is 0.00810. The number of carbonyl (C=O) groups is 1. The number of aliphatic hydroxyl groups is 2. The number of hydrogen-bond donors (Lipinski definition) is 2. The van der Waals surface area contributed by atoms with E-state index < -0.39 is 5.60 Å². The van der Waals surface area contributed by atoms with Gasteiger partial charge >= 0.3 is 0 Å². The highest BCUT2D eigenvalue weighted by molar-refractivity contribution is 5.94. The standard InChI is InChI=1S/C18H27NO3/c1-13(2)10-16-11-19(9-8-18(16,3)22)17(21)15-6-4-14(12-20)5-7-15/h4-7,13,16,20,22H,8-12H2,1-3H3/t16-,18+/m1/s1. The molecule has 1 aromatic rings. The summed E-state index contributed by atoms with van der Waals surface area (Å²) in [4.78, 5) is 14.5. The van der Waals surface area contributed by atoms with Crippen LogP contribution in [0.5, 0.6) is 0 Å². The summed E-state index contributed by atoms with van der Waals surface area (Å²) in [6.07, 6.45) is 1.53. The van der Waals surface area contributed by atoms with Gasteiger partial charge in [-0.1, -0.05) is 26.0 Å². The first-order valence-corrected chi connectivity index (χ1v) is 8.05. The fourth-order valence-electron chi connectivity index (χ4n) is 3.14. The molecule has 0 aliphatic carbocycles. The Kier molecular flexibility index (Phi) is 5.24. The van der Waals surface area contributed by atoms with Crippen LogP contribution in [0.2, 0.25) is 0 Å². The Morgan fingerprint density at radius 1 is 1.36 bits per heavy atom. The predicted octanol–water partition coefficient (Wildman–Crippen LogP) is 2.44. The largest absolute Gasteiger partial charge is 0.392 e. The van der Waals surface area contributed by atoms with Crippen LogP contribution in [0.15, 0.2) is 24.3 Å². The summed E-state index contributed by atoms with van der Waals surface area (Å²) < 4.78 is 0. The number of amides is 1. The smallest absolute Gasteiger partial charge is 0.253 e. The first kappa shape index (κ1) is 17.0. The van der Waals surface area contributed by atoms with E-state index in [9.17, 15) is 9.90 Å². The number of hydrogen-bond acceptors (Lipinski definition) is 3. The lowest BCUT2D eigenvalue weighted by Gasteiger charge is -2.43. The fraction of sp³-hybridized carbons (Fsp3) is 0.611. The zero-order chi connectivity index (χ0) is 16.3. The van der Waals surface area contributed by atoms with E-state index in [0.29, 0.717) is 31.0 Å². The molecule has 0 spiro atoms. The zero-order valence-electron chi connectivity index (χ0n) is 13.7. The maximum atomic E-state index is 12.6. The van der Waals surface area contributed by atoms with Crippen molar-refractivity contribution in [2.24, 2.45) is 11.8 Å². The van der Waals surface area contributed by atoms with Crippen molar-refractivity contribution >= 4 is 5.91 Å². The van der Waals surface area contributed by atoms with Gasteiger partial charge in [0.05, 0.1) is 12.2 Å². The van der Waals surface area contributed by atoms with Crippen LogP contribution >= 0.6 is 0 Å². The lowest BCUT2D eigenvalue weighted by atomic mass is 9.78. The van der Waals surface area contributed by atoms with Gasteiger partial charge in [0.1, 0.15) is 0 Å². The van der Waals surface area contributed by atoms with Gasteiger partial charge < -0.3 is 15.1 Å². The summed E-state index contributed by atoms with van der Waals surface area (Å²) in [5.74, 6) is 0.617. The minimum atomic E-state index is -0.693. The van der Waals surface area contributed by atoms with E-state index in [0.717, 1.165) is 12.0 Å². The predicted molar refractivity (Wildman–Crippen MR) is 86.5 cm³/mol. The van der Waals surface area contributed by atoms with Crippen LogP contribution in [0.25, 0.3) is 0 Å². The Bertz CT molecular complexity index is 508. The molecule has 0 bridgehead atoms. The highest BCUT2D eigenvalue weighted by Crippen LogP contribution is 2.32. The van der Waals surface area contributed by atoms with Crippen LogP contribution in [0.1, 0.15) is 49.5 Å². The van der Waals surface area contributed by atoms with E-state index in [-0.39, 0.29) is 18.4 Å². The number of rotatable bonds is 4. The molecule has 1 heterocycles. The summed E-state index contributed by atoms with van der Waals surface area (Å²) in [5, 5.41) is 19.6. The Morgan fingerprint density at radius 2 is 2.00 bits per heavy atom. The number of nitrogens with zero attached hydrogens (tertiary/aromatic N) is 1. The van der Waals surface area contributed by atoms with Gasteiger partial charge in [0.25, 0.3) is 5.91 Å². The molecule has 1 aromatic carbocycles. The topological polar surface area (TPSA) is 60.8 Å². The summed E-state index contributed by atoms with van der Waals surface area (Å²) in [6.45, 7) is 7.35. The fourth-order valence-corrected chi connectivity index (χ4v) is 3.14. The molecule has 0 aromatic heterocycles. The second-order valence-corrected chi connectivity index (χ2v) is 7.04.